The van der Waals surface area contributed by atoms with Gasteiger partial charge in [-0.05, 0) is 101 Å². The van der Waals surface area contributed by atoms with Gasteiger partial charge >= 0.3 is 0 Å². The third kappa shape index (κ3) is 4.29. The van der Waals surface area contributed by atoms with Gasteiger partial charge in [-0.3, -0.25) is 4.57 Å². The third-order valence-electron chi connectivity index (χ3n) is 11.9. The van der Waals surface area contributed by atoms with Gasteiger partial charge in [0.25, 0.3) is 0 Å². The highest BCUT2D eigenvalue weighted by molar-refractivity contribution is 6.24. The number of fused-ring (bicyclic) bond motifs is 8. The van der Waals surface area contributed by atoms with E-state index in [4.69, 9.17) is 4.98 Å². The van der Waals surface area contributed by atoms with E-state index in [2.05, 4.69) is 199 Å². The third-order valence-corrected chi connectivity index (χ3v) is 11.9. The second kappa shape index (κ2) is 11.4. The Morgan fingerprint density at radius 3 is 1.73 bits per heavy atom. The monoisotopic (exact) mass is 699 g/mol. The molecule has 11 aromatic rings. The molecule has 12 rings (SSSR count). The number of rotatable bonds is 3. The predicted molar refractivity (Wildman–Crippen MR) is 233 cm³/mol. The Morgan fingerprint density at radius 2 is 0.964 bits per heavy atom. The number of imidazole rings is 1. The molecule has 0 saturated carbocycles. The summed E-state index contributed by atoms with van der Waals surface area (Å²) < 4.78 is 2.39. The SMILES string of the molecule is CN1c2c(-c3c4ccccc4c(-c4ccc5ccc6ccccc6c5c4)c4ccccc34)cccc2-n2c(-c3ccc4ccccc4c3)nc3cccc1c32. The molecule has 0 saturated heterocycles. The van der Waals surface area contributed by atoms with Gasteiger partial charge in [0.1, 0.15) is 5.82 Å². The van der Waals surface area contributed by atoms with Crippen molar-refractivity contribution in [3.05, 3.63) is 182 Å². The van der Waals surface area contributed by atoms with Crippen LogP contribution in [-0.2, 0) is 0 Å². The maximum Gasteiger partial charge on any atom is 0.145 e. The van der Waals surface area contributed by atoms with Crippen molar-refractivity contribution in [2.75, 3.05) is 11.9 Å². The van der Waals surface area contributed by atoms with Crippen LogP contribution in [-0.4, -0.2) is 16.6 Å². The van der Waals surface area contributed by atoms with Crippen molar-refractivity contribution in [2.24, 2.45) is 0 Å². The second-order valence-electron chi connectivity index (χ2n) is 14.8. The molecule has 0 N–H and O–H groups in total. The molecule has 2 heterocycles. The second-order valence-corrected chi connectivity index (χ2v) is 14.8. The van der Waals surface area contributed by atoms with Crippen molar-refractivity contribution in [3.8, 4) is 39.3 Å². The first-order valence-corrected chi connectivity index (χ1v) is 18.9. The maximum atomic E-state index is 5.32. The quantitative estimate of drug-likeness (QED) is 0.135. The molecule has 1 aliphatic heterocycles. The van der Waals surface area contributed by atoms with Gasteiger partial charge in [0, 0.05) is 18.2 Å². The molecular formula is C52H33N3. The van der Waals surface area contributed by atoms with Gasteiger partial charge in [-0.2, -0.15) is 0 Å². The average molecular weight is 700 g/mol. The average Bonchev–Trinajstić information content (AvgIpc) is 3.64. The summed E-state index contributed by atoms with van der Waals surface area (Å²) in [6.45, 7) is 0. The molecule has 3 nitrogen and oxygen atoms in total. The molecule has 10 aromatic carbocycles. The van der Waals surface area contributed by atoms with Gasteiger partial charge in [-0.25, -0.2) is 4.98 Å². The summed E-state index contributed by atoms with van der Waals surface area (Å²) in [5, 5.41) is 12.5. The molecule has 1 aliphatic rings. The van der Waals surface area contributed by atoms with E-state index in [0.29, 0.717) is 0 Å². The van der Waals surface area contributed by atoms with Crippen molar-refractivity contribution in [2.45, 2.75) is 0 Å². The summed E-state index contributed by atoms with van der Waals surface area (Å²) in [4.78, 5) is 7.70. The summed E-state index contributed by atoms with van der Waals surface area (Å²) in [7, 11) is 2.21. The molecule has 0 aliphatic carbocycles. The largest absolute Gasteiger partial charge is 0.341 e. The maximum absolute atomic E-state index is 5.32. The molecular weight excluding hydrogens is 667 g/mol. The first kappa shape index (κ1) is 30.3. The van der Waals surface area contributed by atoms with E-state index in [-0.39, 0.29) is 0 Å². The molecule has 0 atom stereocenters. The van der Waals surface area contributed by atoms with E-state index in [1.165, 1.54) is 81.8 Å². The number of nitrogens with zero attached hydrogens (tertiary/aromatic N) is 3. The van der Waals surface area contributed by atoms with Gasteiger partial charge in [0.05, 0.1) is 28.1 Å². The van der Waals surface area contributed by atoms with E-state index in [9.17, 15) is 0 Å². The molecule has 55 heavy (non-hydrogen) atoms. The van der Waals surface area contributed by atoms with Crippen molar-refractivity contribution in [1.82, 2.24) is 9.55 Å². The number of para-hydroxylation sites is 2. The molecule has 0 amide bonds. The number of anilines is 2. The van der Waals surface area contributed by atoms with Crippen LogP contribution in [0.3, 0.4) is 0 Å². The van der Waals surface area contributed by atoms with Crippen LogP contribution in [0.1, 0.15) is 0 Å². The highest BCUT2D eigenvalue weighted by Crippen LogP contribution is 2.52. The first-order valence-electron chi connectivity index (χ1n) is 18.9. The van der Waals surface area contributed by atoms with E-state index < -0.39 is 0 Å². The smallest absolute Gasteiger partial charge is 0.145 e. The molecule has 256 valence electrons. The Morgan fingerprint density at radius 1 is 0.400 bits per heavy atom. The topological polar surface area (TPSA) is 21.1 Å². The predicted octanol–water partition coefficient (Wildman–Crippen LogP) is 13.9. The standard InChI is InChI=1S/C52H33N3/c1-54-46-22-11-21-45-51(46)55(52(53-45)37-29-24-32-12-2-3-14-35(32)30-37)47-23-10-20-43(50(47)54)49-41-18-8-6-16-39(41)48(40-17-7-9-19-42(40)49)36-28-27-34-26-25-33-13-4-5-15-38(33)44(34)31-36/h2-31H,1H3. The Labute approximate surface area is 318 Å². The van der Waals surface area contributed by atoms with Crippen molar-refractivity contribution in [3.63, 3.8) is 0 Å². The van der Waals surface area contributed by atoms with Crippen LogP contribution in [0.25, 0.3) is 104 Å². The van der Waals surface area contributed by atoms with Crippen molar-refractivity contribution >= 4 is 76.3 Å². The summed E-state index contributed by atoms with van der Waals surface area (Å²) >= 11 is 0. The molecule has 3 heteroatoms. The summed E-state index contributed by atoms with van der Waals surface area (Å²) in [6.07, 6.45) is 0. The molecule has 0 spiro atoms. The molecule has 0 unspecified atom stereocenters. The number of hydrogen-bond acceptors (Lipinski definition) is 2. The van der Waals surface area contributed by atoms with Crippen LogP contribution in [0.4, 0.5) is 11.4 Å². The van der Waals surface area contributed by atoms with Crippen LogP contribution in [0.2, 0.25) is 0 Å². The fourth-order valence-electron chi connectivity index (χ4n) is 9.41. The van der Waals surface area contributed by atoms with Crippen LogP contribution in [0, 0.1) is 0 Å². The minimum absolute atomic E-state index is 0.952. The lowest BCUT2D eigenvalue weighted by Crippen LogP contribution is -2.19. The summed E-state index contributed by atoms with van der Waals surface area (Å²) in [6, 6.07) is 66.7. The molecule has 0 bridgehead atoms. The Balaban J connectivity index is 1.15. The zero-order valence-electron chi connectivity index (χ0n) is 30.2. The fourth-order valence-corrected chi connectivity index (χ4v) is 9.41. The van der Waals surface area contributed by atoms with Gasteiger partial charge in [-0.1, -0.05) is 152 Å². The number of hydrogen-bond donors (Lipinski definition) is 0. The minimum Gasteiger partial charge on any atom is -0.341 e. The van der Waals surface area contributed by atoms with Gasteiger partial charge < -0.3 is 4.90 Å². The minimum atomic E-state index is 0.952. The lowest BCUT2D eigenvalue weighted by atomic mass is 9.84. The normalized spacial score (nSPS) is 12.4. The lowest BCUT2D eigenvalue weighted by molar-refractivity contribution is 1.05. The molecule has 0 radical (unpaired) electrons. The highest BCUT2D eigenvalue weighted by Gasteiger charge is 2.30. The van der Waals surface area contributed by atoms with Crippen LogP contribution < -0.4 is 4.90 Å². The van der Waals surface area contributed by atoms with E-state index in [1.54, 1.807) is 0 Å². The zero-order chi connectivity index (χ0) is 36.2. The van der Waals surface area contributed by atoms with E-state index in [1.807, 2.05) is 0 Å². The molecule has 1 aromatic heterocycles. The van der Waals surface area contributed by atoms with Crippen LogP contribution in [0.15, 0.2) is 182 Å². The van der Waals surface area contributed by atoms with Crippen molar-refractivity contribution in [1.29, 1.82) is 0 Å². The summed E-state index contributed by atoms with van der Waals surface area (Å²) in [5.41, 5.74) is 11.6. The zero-order valence-corrected chi connectivity index (χ0v) is 30.2. The van der Waals surface area contributed by atoms with Crippen LogP contribution >= 0.6 is 0 Å². The van der Waals surface area contributed by atoms with Gasteiger partial charge in [-0.15, -0.1) is 0 Å². The Kier molecular flexibility index (Phi) is 6.26. The lowest BCUT2D eigenvalue weighted by Gasteiger charge is -2.32. The van der Waals surface area contributed by atoms with Gasteiger partial charge in [0.15, 0.2) is 0 Å². The number of aromatic nitrogens is 2. The summed E-state index contributed by atoms with van der Waals surface area (Å²) in [5.74, 6) is 0.952. The number of benzene rings is 10. The van der Waals surface area contributed by atoms with Gasteiger partial charge in [0.2, 0.25) is 0 Å². The van der Waals surface area contributed by atoms with Crippen molar-refractivity contribution < 1.29 is 0 Å². The first-order chi connectivity index (χ1) is 27.2. The van der Waals surface area contributed by atoms with E-state index >= 15 is 0 Å². The highest BCUT2D eigenvalue weighted by atomic mass is 15.2. The van der Waals surface area contributed by atoms with Crippen LogP contribution in [0.5, 0.6) is 0 Å². The Hall–Kier alpha value is -7.23. The molecule has 0 fully saturated rings. The Bertz CT molecular complexity index is 3350. The van der Waals surface area contributed by atoms with E-state index in [0.717, 1.165) is 33.8 Å². The fraction of sp³-hybridized carbons (Fsp3) is 0.0192.